The van der Waals surface area contributed by atoms with E-state index in [1.807, 2.05) is 13.0 Å². The average Bonchev–Trinajstić information content (AvgIpc) is 2.35. The molecule has 1 unspecified atom stereocenters. The number of hydrogen-bond donors (Lipinski definition) is 1. The minimum Gasteiger partial charge on any atom is -0.338 e. The largest absolute Gasteiger partial charge is 0.338 e. The molecule has 0 aliphatic carbocycles. The molecule has 0 heterocycles. The highest BCUT2D eigenvalue weighted by Crippen LogP contribution is 2.04. The SMILES string of the molecule is C#CC(CC)NC(=O)c1cccc(C#N)c1. The van der Waals surface area contributed by atoms with Crippen molar-refractivity contribution < 1.29 is 4.79 Å². The summed E-state index contributed by atoms with van der Waals surface area (Å²) in [7, 11) is 0. The van der Waals surface area contributed by atoms with Crippen molar-refractivity contribution in [3.63, 3.8) is 0 Å². The molecule has 1 rings (SSSR count). The normalized spacial score (nSPS) is 10.9. The van der Waals surface area contributed by atoms with Gasteiger partial charge in [0.15, 0.2) is 0 Å². The summed E-state index contributed by atoms with van der Waals surface area (Å²) in [5.74, 6) is 2.24. The molecule has 1 aromatic rings. The van der Waals surface area contributed by atoms with Gasteiger partial charge in [-0.25, -0.2) is 0 Å². The lowest BCUT2D eigenvalue weighted by Crippen LogP contribution is -2.33. The maximum atomic E-state index is 11.7. The average molecular weight is 212 g/mol. The van der Waals surface area contributed by atoms with Gasteiger partial charge in [-0.2, -0.15) is 5.26 Å². The quantitative estimate of drug-likeness (QED) is 0.775. The van der Waals surface area contributed by atoms with E-state index < -0.39 is 0 Å². The first kappa shape index (κ1) is 11.8. The van der Waals surface area contributed by atoms with Gasteiger partial charge in [-0.1, -0.05) is 18.9 Å². The lowest BCUT2D eigenvalue weighted by Gasteiger charge is -2.10. The van der Waals surface area contributed by atoms with Gasteiger partial charge >= 0.3 is 0 Å². The Morgan fingerprint density at radius 1 is 1.62 bits per heavy atom. The van der Waals surface area contributed by atoms with Gasteiger partial charge in [0.25, 0.3) is 5.91 Å². The van der Waals surface area contributed by atoms with Crippen LogP contribution in [0.15, 0.2) is 24.3 Å². The molecule has 0 saturated carbocycles. The number of benzene rings is 1. The highest BCUT2D eigenvalue weighted by atomic mass is 16.1. The van der Waals surface area contributed by atoms with Crippen LogP contribution in [0.5, 0.6) is 0 Å². The third-order valence-corrected chi connectivity index (χ3v) is 2.17. The maximum Gasteiger partial charge on any atom is 0.252 e. The minimum absolute atomic E-state index is 0.248. The minimum atomic E-state index is -0.266. The van der Waals surface area contributed by atoms with E-state index >= 15 is 0 Å². The van der Waals surface area contributed by atoms with Crippen molar-refractivity contribution in [2.24, 2.45) is 0 Å². The van der Waals surface area contributed by atoms with Gasteiger partial charge in [0.1, 0.15) is 0 Å². The van der Waals surface area contributed by atoms with E-state index in [4.69, 9.17) is 11.7 Å². The Morgan fingerprint density at radius 2 is 2.38 bits per heavy atom. The molecule has 1 amide bonds. The van der Waals surface area contributed by atoms with Crippen LogP contribution in [0.4, 0.5) is 0 Å². The molecule has 0 fully saturated rings. The standard InChI is InChI=1S/C13H12N2O/c1-3-12(4-2)15-13(16)11-7-5-6-10(8-11)9-14/h1,5-8,12H,4H2,2H3,(H,15,16). The van der Waals surface area contributed by atoms with Crippen LogP contribution in [0, 0.1) is 23.7 Å². The van der Waals surface area contributed by atoms with Crippen molar-refractivity contribution in [3.8, 4) is 18.4 Å². The third-order valence-electron chi connectivity index (χ3n) is 2.17. The number of amides is 1. The Labute approximate surface area is 95.1 Å². The molecule has 80 valence electrons. The number of carbonyl (C=O) groups is 1. The fraction of sp³-hybridized carbons (Fsp3) is 0.231. The number of rotatable bonds is 3. The first-order valence-corrected chi connectivity index (χ1v) is 4.98. The molecule has 0 saturated heterocycles. The predicted octanol–water partition coefficient (Wildman–Crippen LogP) is 1.70. The van der Waals surface area contributed by atoms with E-state index in [1.165, 1.54) is 0 Å². The highest BCUT2D eigenvalue weighted by molar-refractivity contribution is 5.94. The van der Waals surface area contributed by atoms with E-state index in [0.717, 1.165) is 0 Å². The summed E-state index contributed by atoms with van der Waals surface area (Å²) in [6.45, 7) is 1.90. The Bertz CT molecular complexity index is 466. The van der Waals surface area contributed by atoms with E-state index in [9.17, 15) is 4.79 Å². The third kappa shape index (κ3) is 2.87. The van der Waals surface area contributed by atoms with Gasteiger partial charge in [-0.05, 0) is 24.6 Å². The predicted molar refractivity (Wildman–Crippen MR) is 61.5 cm³/mol. The van der Waals surface area contributed by atoms with E-state index in [-0.39, 0.29) is 11.9 Å². The van der Waals surface area contributed by atoms with Gasteiger partial charge in [0.2, 0.25) is 0 Å². The van der Waals surface area contributed by atoms with Crippen LogP contribution in [0.1, 0.15) is 29.3 Å². The molecular formula is C13H12N2O. The molecule has 0 bridgehead atoms. The van der Waals surface area contributed by atoms with Gasteiger partial charge in [-0.3, -0.25) is 4.79 Å². The zero-order chi connectivity index (χ0) is 12.0. The Kier molecular flexibility index (Phi) is 4.12. The van der Waals surface area contributed by atoms with Crippen LogP contribution >= 0.6 is 0 Å². The van der Waals surface area contributed by atoms with Crippen LogP contribution in [-0.2, 0) is 0 Å². The molecule has 1 aromatic carbocycles. The summed E-state index contributed by atoms with van der Waals surface area (Å²) >= 11 is 0. The topological polar surface area (TPSA) is 52.9 Å². The highest BCUT2D eigenvalue weighted by Gasteiger charge is 2.09. The van der Waals surface area contributed by atoms with Gasteiger partial charge in [-0.15, -0.1) is 6.42 Å². The maximum absolute atomic E-state index is 11.7. The summed E-state index contributed by atoms with van der Waals surface area (Å²) in [6.07, 6.45) is 5.93. The molecule has 0 aromatic heterocycles. The van der Waals surface area contributed by atoms with Crippen LogP contribution in [-0.4, -0.2) is 11.9 Å². The molecule has 3 nitrogen and oxygen atoms in total. The number of terminal acetylenes is 1. The summed E-state index contributed by atoms with van der Waals surface area (Å²) in [5, 5.41) is 11.4. The van der Waals surface area contributed by atoms with Crippen LogP contribution in [0.3, 0.4) is 0 Å². The molecular weight excluding hydrogens is 200 g/mol. The second-order valence-electron chi connectivity index (χ2n) is 3.29. The second kappa shape index (κ2) is 5.58. The summed E-state index contributed by atoms with van der Waals surface area (Å²) < 4.78 is 0. The monoisotopic (exact) mass is 212 g/mol. The van der Waals surface area contributed by atoms with Crippen molar-refractivity contribution in [1.82, 2.24) is 5.32 Å². The summed E-state index contributed by atoms with van der Waals surface area (Å²) in [4.78, 5) is 11.7. The van der Waals surface area contributed by atoms with Crippen molar-refractivity contribution in [2.75, 3.05) is 0 Å². The number of hydrogen-bond acceptors (Lipinski definition) is 2. The number of nitrogens with one attached hydrogen (secondary N) is 1. The van der Waals surface area contributed by atoms with Crippen molar-refractivity contribution in [2.45, 2.75) is 19.4 Å². The molecule has 0 radical (unpaired) electrons. The van der Waals surface area contributed by atoms with Gasteiger partial charge in [0.05, 0.1) is 17.7 Å². The van der Waals surface area contributed by atoms with Crippen molar-refractivity contribution >= 4 is 5.91 Å². The molecule has 16 heavy (non-hydrogen) atoms. The fourth-order valence-electron chi connectivity index (χ4n) is 1.23. The van der Waals surface area contributed by atoms with Crippen LogP contribution < -0.4 is 5.32 Å². The molecule has 1 atom stereocenters. The second-order valence-corrected chi connectivity index (χ2v) is 3.29. The molecule has 3 heteroatoms. The van der Waals surface area contributed by atoms with Gasteiger partial charge in [0, 0.05) is 5.56 Å². The van der Waals surface area contributed by atoms with E-state index in [1.54, 1.807) is 24.3 Å². The summed E-state index contributed by atoms with van der Waals surface area (Å²) in [6, 6.07) is 8.23. The Morgan fingerprint density at radius 3 is 2.94 bits per heavy atom. The number of nitrogens with zero attached hydrogens (tertiary/aromatic N) is 1. The first-order valence-electron chi connectivity index (χ1n) is 4.98. The first-order chi connectivity index (χ1) is 7.71. The van der Waals surface area contributed by atoms with Crippen molar-refractivity contribution in [3.05, 3.63) is 35.4 Å². The summed E-state index contributed by atoms with van der Waals surface area (Å²) in [5.41, 5.74) is 0.911. The molecule has 0 aliphatic rings. The molecule has 0 spiro atoms. The number of nitriles is 1. The van der Waals surface area contributed by atoms with E-state index in [0.29, 0.717) is 17.5 Å². The van der Waals surface area contributed by atoms with E-state index in [2.05, 4.69) is 11.2 Å². The zero-order valence-electron chi connectivity index (χ0n) is 9.03. The lowest BCUT2D eigenvalue weighted by molar-refractivity contribution is 0.0945. The lowest BCUT2D eigenvalue weighted by atomic mass is 10.1. The molecule has 0 aliphatic heterocycles. The van der Waals surface area contributed by atoms with Crippen LogP contribution in [0.2, 0.25) is 0 Å². The zero-order valence-corrected chi connectivity index (χ0v) is 9.03. The Hall–Kier alpha value is -2.26. The number of carbonyl (C=O) groups excluding carboxylic acids is 1. The smallest absolute Gasteiger partial charge is 0.252 e. The van der Waals surface area contributed by atoms with Crippen molar-refractivity contribution in [1.29, 1.82) is 5.26 Å². The Balaban J connectivity index is 2.82. The van der Waals surface area contributed by atoms with Gasteiger partial charge < -0.3 is 5.32 Å². The van der Waals surface area contributed by atoms with Crippen LogP contribution in [0.25, 0.3) is 0 Å². The molecule has 1 N–H and O–H groups in total. The fourth-order valence-corrected chi connectivity index (χ4v) is 1.23.